The molecule has 1 N–H and O–H groups in total. The number of carbonyl (C=O) groups is 1. The molecule has 0 spiro atoms. The first-order chi connectivity index (χ1) is 8.63. The zero-order chi connectivity index (χ0) is 13.1. The first-order valence-electron chi connectivity index (χ1n) is 6.04. The topological polar surface area (TPSA) is 37.3 Å². The van der Waals surface area contributed by atoms with Crippen LogP contribution in [0.25, 0.3) is 11.1 Å². The van der Waals surface area contributed by atoms with Crippen molar-refractivity contribution in [3.05, 3.63) is 46.2 Å². The van der Waals surface area contributed by atoms with Crippen LogP contribution in [0.5, 0.6) is 0 Å². The molecule has 0 saturated heterocycles. The van der Waals surface area contributed by atoms with Crippen molar-refractivity contribution in [3.8, 4) is 11.1 Å². The first kappa shape index (κ1) is 12.8. The lowest BCUT2D eigenvalue weighted by molar-refractivity contribution is 0.0703. The number of carboxylic acid groups (broad SMARTS) is 1. The fourth-order valence-corrected chi connectivity index (χ4v) is 2.68. The molecule has 1 unspecified atom stereocenters. The van der Waals surface area contributed by atoms with Gasteiger partial charge in [0.25, 0.3) is 0 Å². The van der Waals surface area contributed by atoms with Crippen LogP contribution in [0.1, 0.15) is 41.4 Å². The minimum Gasteiger partial charge on any atom is -0.477 e. The van der Waals surface area contributed by atoms with Crippen LogP contribution in [-0.2, 0) is 0 Å². The van der Waals surface area contributed by atoms with Gasteiger partial charge in [0.15, 0.2) is 0 Å². The van der Waals surface area contributed by atoms with Gasteiger partial charge in [0, 0.05) is 5.56 Å². The molecule has 1 aromatic carbocycles. The van der Waals surface area contributed by atoms with Crippen molar-refractivity contribution in [2.45, 2.75) is 26.2 Å². The predicted molar refractivity (Wildman–Crippen MR) is 75.4 cm³/mol. The van der Waals surface area contributed by atoms with Gasteiger partial charge in [-0.05, 0) is 34.9 Å². The van der Waals surface area contributed by atoms with E-state index in [2.05, 4.69) is 26.0 Å². The quantitative estimate of drug-likeness (QED) is 0.870. The molecule has 18 heavy (non-hydrogen) atoms. The molecular weight excluding hydrogens is 244 g/mol. The highest BCUT2D eigenvalue weighted by Crippen LogP contribution is 2.29. The molecule has 3 heteroatoms. The second-order valence-corrected chi connectivity index (χ2v) is 5.32. The summed E-state index contributed by atoms with van der Waals surface area (Å²) in [7, 11) is 0. The van der Waals surface area contributed by atoms with Gasteiger partial charge in [-0.25, -0.2) is 4.79 Å². The number of thiophene rings is 1. The minimum atomic E-state index is -0.856. The van der Waals surface area contributed by atoms with Gasteiger partial charge in [0.1, 0.15) is 4.88 Å². The zero-order valence-electron chi connectivity index (χ0n) is 10.5. The lowest BCUT2D eigenvalue weighted by Crippen LogP contribution is -1.95. The third kappa shape index (κ3) is 2.46. The van der Waals surface area contributed by atoms with Crippen LogP contribution in [0.15, 0.2) is 35.7 Å². The summed E-state index contributed by atoms with van der Waals surface area (Å²) in [5, 5.41) is 10.9. The van der Waals surface area contributed by atoms with Crippen molar-refractivity contribution in [2.24, 2.45) is 0 Å². The van der Waals surface area contributed by atoms with Gasteiger partial charge in [-0.15, -0.1) is 11.3 Å². The van der Waals surface area contributed by atoms with Crippen LogP contribution in [0, 0.1) is 0 Å². The van der Waals surface area contributed by atoms with Gasteiger partial charge >= 0.3 is 5.97 Å². The highest BCUT2D eigenvalue weighted by molar-refractivity contribution is 7.12. The molecule has 1 aromatic heterocycles. The van der Waals surface area contributed by atoms with Crippen molar-refractivity contribution in [1.29, 1.82) is 0 Å². The second kappa shape index (κ2) is 5.36. The molecule has 0 aliphatic rings. The smallest absolute Gasteiger partial charge is 0.346 e. The fourth-order valence-electron chi connectivity index (χ4n) is 1.93. The Morgan fingerprint density at radius 2 is 1.94 bits per heavy atom. The Labute approximate surface area is 111 Å². The number of benzene rings is 1. The monoisotopic (exact) mass is 260 g/mol. The van der Waals surface area contributed by atoms with E-state index in [9.17, 15) is 4.79 Å². The Bertz CT molecular complexity index is 540. The van der Waals surface area contributed by atoms with Crippen molar-refractivity contribution in [1.82, 2.24) is 0 Å². The SMILES string of the molecule is CCC(C)c1ccc(-c2ccsc2C(=O)O)cc1. The third-order valence-electron chi connectivity index (χ3n) is 3.26. The molecule has 0 bridgehead atoms. The van der Waals surface area contributed by atoms with E-state index in [-0.39, 0.29) is 0 Å². The molecule has 2 nitrogen and oxygen atoms in total. The van der Waals surface area contributed by atoms with Crippen molar-refractivity contribution in [3.63, 3.8) is 0 Å². The van der Waals surface area contributed by atoms with Gasteiger partial charge < -0.3 is 5.11 Å². The normalized spacial score (nSPS) is 12.3. The molecule has 94 valence electrons. The lowest BCUT2D eigenvalue weighted by atomic mass is 9.96. The Hall–Kier alpha value is -1.61. The van der Waals surface area contributed by atoms with Gasteiger partial charge in [-0.2, -0.15) is 0 Å². The highest BCUT2D eigenvalue weighted by Gasteiger charge is 2.13. The van der Waals surface area contributed by atoms with E-state index in [0.29, 0.717) is 10.8 Å². The number of carboxylic acids is 1. The van der Waals surface area contributed by atoms with E-state index in [0.717, 1.165) is 17.5 Å². The number of hydrogen-bond acceptors (Lipinski definition) is 2. The van der Waals surface area contributed by atoms with Crippen LogP contribution < -0.4 is 0 Å². The molecule has 0 radical (unpaired) electrons. The summed E-state index contributed by atoms with van der Waals surface area (Å²) in [6.45, 7) is 4.36. The van der Waals surface area contributed by atoms with Crippen molar-refractivity contribution in [2.75, 3.05) is 0 Å². The van der Waals surface area contributed by atoms with Crippen molar-refractivity contribution < 1.29 is 9.90 Å². The van der Waals surface area contributed by atoms with E-state index >= 15 is 0 Å². The second-order valence-electron chi connectivity index (χ2n) is 4.40. The van der Waals surface area contributed by atoms with E-state index < -0.39 is 5.97 Å². The average molecular weight is 260 g/mol. The maximum atomic E-state index is 11.1. The highest BCUT2D eigenvalue weighted by atomic mass is 32.1. The summed E-state index contributed by atoms with van der Waals surface area (Å²) in [4.78, 5) is 11.5. The zero-order valence-corrected chi connectivity index (χ0v) is 11.3. The molecule has 0 aliphatic heterocycles. The van der Waals surface area contributed by atoms with E-state index in [1.54, 1.807) is 0 Å². The summed E-state index contributed by atoms with van der Waals surface area (Å²) < 4.78 is 0. The first-order valence-corrected chi connectivity index (χ1v) is 6.92. The Morgan fingerprint density at radius 1 is 1.28 bits per heavy atom. The third-order valence-corrected chi connectivity index (χ3v) is 4.16. The molecule has 1 atom stereocenters. The lowest BCUT2D eigenvalue weighted by Gasteiger charge is -2.09. The summed E-state index contributed by atoms with van der Waals surface area (Å²) in [5.74, 6) is -0.313. The van der Waals surface area contributed by atoms with E-state index in [1.165, 1.54) is 16.9 Å². The summed E-state index contributed by atoms with van der Waals surface area (Å²) in [6, 6.07) is 10.1. The van der Waals surface area contributed by atoms with Gasteiger partial charge in [0.2, 0.25) is 0 Å². The molecule has 0 saturated carbocycles. The van der Waals surface area contributed by atoms with Gasteiger partial charge in [0.05, 0.1) is 0 Å². The Morgan fingerprint density at radius 3 is 2.50 bits per heavy atom. The number of rotatable bonds is 4. The molecule has 0 amide bonds. The van der Waals surface area contributed by atoms with Crippen LogP contribution >= 0.6 is 11.3 Å². The Kier molecular flexibility index (Phi) is 3.82. The summed E-state index contributed by atoms with van der Waals surface area (Å²) >= 11 is 1.27. The molecule has 0 aliphatic carbocycles. The molecular formula is C15H16O2S. The molecule has 0 fully saturated rings. The van der Waals surface area contributed by atoms with Crippen LogP contribution in [0.3, 0.4) is 0 Å². The van der Waals surface area contributed by atoms with Crippen molar-refractivity contribution >= 4 is 17.3 Å². The van der Waals surface area contributed by atoms with E-state index in [4.69, 9.17) is 5.11 Å². The summed E-state index contributed by atoms with van der Waals surface area (Å²) in [5.41, 5.74) is 3.08. The van der Waals surface area contributed by atoms with E-state index in [1.807, 2.05) is 23.6 Å². The molecule has 2 aromatic rings. The van der Waals surface area contributed by atoms with Crippen LogP contribution in [-0.4, -0.2) is 11.1 Å². The standard InChI is InChI=1S/C15H16O2S/c1-3-10(2)11-4-6-12(7-5-11)13-8-9-18-14(13)15(16)17/h4-10H,3H2,1-2H3,(H,16,17). The number of aromatic carboxylic acids is 1. The van der Waals surface area contributed by atoms with Gasteiger partial charge in [-0.1, -0.05) is 38.1 Å². The molecule has 1 heterocycles. The molecule has 2 rings (SSSR count). The number of hydrogen-bond donors (Lipinski definition) is 1. The van der Waals surface area contributed by atoms with Crippen LogP contribution in [0.2, 0.25) is 0 Å². The fraction of sp³-hybridized carbons (Fsp3) is 0.267. The van der Waals surface area contributed by atoms with Crippen LogP contribution in [0.4, 0.5) is 0 Å². The summed E-state index contributed by atoms with van der Waals surface area (Å²) in [6.07, 6.45) is 1.11. The maximum absolute atomic E-state index is 11.1. The minimum absolute atomic E-state index is 0.409. The predicted octanol–water partition coefficient (Wildman–Crippen LogP) is 4.63. The largest absolute Gasteiger partial charge is 0.477 e. The Balaban J connectivity index is 2.34. The van der Waals surface area contributed by atoms with Gasteiger partial charge in [-0.3, -0.25) is 0 Å². The average Bonchev–Trinajstić information content (AvgIpc) is 2.87. The maximum Gasteiger partial charge on any atom is 0.346 e.